The van der Waals surface area contributed by atoms with Gasteiger partial charge in [-0.1, -0.05) is 18.6 Å². The van der Waals surface area contributed by atoms with Gasteiger partial charge in [0.15, 0.2) is 6.61 Å². The largest absolute Gasteiger partial charge is 0.484 e. The molecule has 6 nitrogen and oxygen atoms in total. The van der Waals surface area contributed by atoms with Gasteiger partial charge in [0.25, 0.3) is 5.91 Å². The number of carbonyl (C=O) groups excluding carboxylic acids is 2. The van der Waals surface area contributed by atoms with E-state index in [0.717, 1.165) is 31.4 Å². The van der Waals surface area contributed by atoms with Gasteiger partial charge in [0.1, 0.15) is 5.75 Å². The number of benzene rings is 1. The van der Waals surface area contributed by atoms with Gasteiger partial charge in [0.2, 0.25) is 5.91 Å². The fourth-order valence-corrected chi connectivity index (χ4v) is 2.41. The summed E-state index contributed by atoms with van der Waals surface area (Å²) in [5, 5.41) is 6.18. The molecule has 0 radical (unpaired) electrons. The van der Waals surface area contributed by atoms with E-state index in [1.165, 1.54) is 4.90 Å². The lowest BCUT2D eigenvalue weighted by Gasteiger charge is -2.22. The number of piperidine rings is 1. The number of hydrogen-bond donors (Lipinski definition) is 2. The molecule has 1 atom stereocenters. The molecule has 1 heterocycles. The van der Waals surface area contributed by atoms with Crippen LogP contribution in [-0.4, -0.2) is 50.0 Å². The molecule has 2 N–H and O–H groups in total. The van der Waals surface area contributed by atoms with Gasteiger partial charge in [0.05, 0.1) is 6.04 Å². The zero-order valence-electron chi connectivity index (χ0n) is 13.8. The highest BCUT2D eigenvalue weighted by Gasteiger charge is 2.19. The molecule has 1 saturated heterocycles. The van der Waals surface area contributed by atoms with Crippen molar-refractivity contribution in [2.75, 3.05) is 27.2 Å². The first kappa shape index (κ1) is 17.3. The molecule has 1 aliphatic heterocycles. The monoisotopic (exact) mass is 319 g/mol. The molecule has 0 aromatic heterocycles. The highest BCUT2D eigenvalue weighted by Crippen LogP contribution is 2.14. The summed E-state index contributed by atoms with van der Waals surface area (Å²) in [5.74, 6) is 0.577. The van der Waals surface area contributed by atoms with Crippen LogP contribution in [0.25, 0.3) is 0 Å². The Morgan fingerprint density at radius 2 is 2.17 bits per heavy atom. The third-order valence-corrected chi connectivity index (χ3v) is 3.85. The van der Waals surface area contributed by atoms with Gasteiger partial charge in [-0.2, -0.15) is 0 Å². The molecule has 1 fully saturated rings. The fourth-order valence-electron chi connectivity index (χ4n) is 2.41. The van der Waals surface area contributed by atoms with E-state index in [9.17, 15) is 9.59 Å². The molecule has 1 unspecified atom stereocenters. The van der Waals surface area contributed by atoms with E-state index in [0.29, 0.717) is 12.3 Å². The minimum Gasteiger partial charge on any atom is -0.484 e. The Morgan fingerprint density at radius 1 is 1.35 bits per heavy atom. The van der Waals surface area contributed by atoms with E-state index in [2.05, 4.69) is 10.6 Å². The Labute approximate surface area is 137 Å². The summed E-state index contributed by atoms with van der Waals surface area (Å²) in [5.41, 5.74) is 0.948. The van der Waals surface area contributed by atoms with Crippen molar-refractivity contribution in [3.05, 3.63) is 29.8 Å². The van der Waals surface area contributed by atoms with E-state index < -0.39 is 0 Å². The molecule has 0 aliphatic carbocycles. The Hall–Kier alpha value is -2.08. The van der Waals surface area contributed by atoms with Gasteiger partial charge in [-0.15, -0.1) is 0 Å². The van der Waals surface area contributed by atoms with Crippen molar-refractivity contribution in [2.45, 2.75) is 31.8 Å². The van der Waals surface area contributed by atoms with Crippen LogP contribution in [0.15, 0.2) is 24.3 Å². The number of nitrogens with one attached hydrogen (secondary N) is 2. The smallest absolute Gasteiger partial charge is 0.259 e. The summed E-state index contributed by atoms with van der Waals surface area (Å²) in [4.78, 5) is 25.1. The van der Waals surface area contributed by atoms with Gasteiger partial charge in [-0.3, -0.25) is 9.59 Å². The lowest BCUT2D eigenvalue weighted by molar-refractivity contribution is -0.130. The van der Waals surface area contributed by atoms with E-state index in [-0.39, 0.29) is 24.5 Å². The average Bonchev–Trinajstić information content (AvgIpc) is 2.58. The Balaban J connectivity index is 1.82. The number of likely N-dealkylation sites (N-methyl/N-ethyl adjacent to an activating group) is 1. The molecule has 2 amide bonds. The molecule has 1 aliphatic rings. The first-order valence-electron chi connectivity index (χ1n) is 7.99. The molecule has 0 bridgehead atoms. The van der Waals surface area contributed by atoms with Crippen LogP contribution in [0.3, 0.4) is 0 Å². The topological polar surface area (TPSA) is 70.7 Å². The highest BCUT2D eigenvalue weighted by atomic mass is 16.5. The zero-order chi connectivity index (χ0) is 16.7. The summed E-state index contributed by atoms with van der Waals surface area (Å²) < 4.78 is 5.48. The predicted molar refractivity (Wildman–Crippen MR) is 88.1 cm³/mol. The molecular formula is C17H25N3O3. The van der Waals surface area contributed by atoms with Crippen LogP contribution < -0.4 is 15.4 Å². The van der Waals surface area contributed by atoms with Gasteiger partial charge < -0.3 is 20.3 Å². The second-order valence-corrected chi connectivity index (χ2v) is 5.94. The third-order valence-electron chi connectivity index (χ3n) is 3.85. The maximum Gasteiger partial charge on any atom is 0.259 e. The predicted octanol–water partition coefficient (Wildman–Crippen LogP) is 0.912. The van der Waals surface area contributed by atoms with Crippen molar-refractivity contribution in [3.63, 3.8) is 0 Å². The first-order valence-corrected chi connectivity index (χ1v) is 7.99. The van der Waals surface area contributed by atoms with Crippen LogP contribution in [0.1, 0.15) is 24.8 Å². The molecule has 126 valence electrons. The number of amides is 2. The lowest BCUT2D eigenvalue weighted by atomic mass is 10.0. The second kappa shape index (κ2) is 8.53. The second-order valence-electron chi connectivity index (χ2n) is 5.94. The SMILES string of the molecule is CN(C)C(=O)COc1cccc(CNC(=O)C2CCCCN2)c1. The van der Waals surface area contributed by atoms with Gasteiger partial charge in [-0.25, -0.2) is 0 Å². The minimum atomic E-state index is -0.0907. The molecule has 2 rings (SSSR count). The summed E-state index contributed by atoms with van der Waals surface area (Å²) in [6.07, 6.45) is 3.12. The van der Waals surface area contributed by atoms with E-state index in [1.54, 1.807) is 20.2 Å². The maximum atomic E-state index is 12.1. The maximum absolute atomic E-state index is 12.1. The molecule has 0 saturated carbocycles. The molecule has 6 heteroatoms. The number of carbonyl (C=O) groups is 2. The van der Waals surface area contributed by atoms with Crippen LogP contribution in [0.5, 0.6) is 5.75 Å². The molecular weight excluding hydrogens is 294 g/mol. The van der Waals surface area contributed by atoms with Crippen molar-refractivity contribution in [3.8, 4) is 5.75 Å². The first-order chi connectivity index (χ1) is 11.1. The van der Waals surface area contributed by atoms with Crippen molar-refractivity contribution >= 4 is 11.8 Å². The minimum absolute atomic E-state index is 0.00874. The molecule has 1 aromatic carbocycles. The Morgan fingerprint density at radius 3 is 2.87 bits per heavy atom. The van der Waals surface area contributed by atoms with Crippen molar-refractivity contribution < 1.29 is 14.3 Å². The quantitative estimate of drug-likeness (QED) is 0.818. The van der Waals surface area contributed by atoms with E-state index in [4.69, 9.17) is 4.74 Å². The fraction of sp³-hybridized carbons (Fsp3) is 0.529. The van der Waals surface area contributed by atoms with Gasteiger partial charge in [-0.05, 0) is 37.1 Å². The number of ether oxygens (including phenoxy) is 1. The number of hydrogen-bond acceptors (Lipinski definition) is 4. The van der Waals surface area contributed by atoms with Crippen molar-refractivity contribution in [1.82, 2.24) is 15.5 Å². The molecule has 0 spiro atoms. The van der Waals surface area contributed by atoms with E-state index in [1.807, 2.05) is 18.2 Å². The molecule has 23 heavy (non-hydrogen) atoms. The summed E-state index contributed by atoms with van der Waals surface area (Å²) in [6.45, 7) is 1.37. The van der Waals surface area contributed by atoms with Gasteiger partial charge in [0, 0.05) is 20.6 Å². The average molecular weight is 319 g/mol. The summed E-state index contributed by atoms with van der Waals surface area (Å²) in [7, 11) is 3.38. The van der Waals surface area contributed by atoms with Crippen molar-refractivity contribution in [2.24, 2.45) is 0 Å². The van der Waals surface area contributed by atoms with Crippen molar-refractivity contribution in [1.29, 1.82) is 0 Å². The lowest BCUT2D eigenvalue weighted by Crippen LogP contribution is -2.46. The number of rotatable bonds is 6. The summed E-state index contributed by atoms with van der Waals surface area (Å²) in [6, 6.07) is 7.35. The highest BCUT2D eigenvalue weighted by molar-refractivity contribution is 5.81. The molecule has 1 aromatic rings. The van der Waals surface area contributed by atoms with Crippen LogP contribution in [-0.2, 0) is 16.1 Å². The Kier molecular flexibility index (Phi) is 6.40. The zero-order valence-corrected chi connectivity index (χ0v) is 13.8. The number of nitrogens with zero attached hydrogens (tertiary/aromatic N) is 1. The van der Waals surface area contributed by atoms with E-state index >= 15 is 0 Å². The summed E-state index contributed by atoms with van der Waals surface area (Å²) >= 11 is 0. The standard InChI is InChI=1S/C17H25N3O3/c1-20(2)16(21)12-23-14-7-5-6-13(10-14)11-19-17(22)15-8-3-4-9-18-15/h5-7,10,15,18H,3-4,8-9,11-12H2,1-2H3,(H,19,22). The van der Waals surface area contributed by atoms with Crippen LogP contribution in [0.4, 0.5) is 0 Å². The van der Waals surface area contributed by atoms with Gasteiger partial charge >= 0.3 is 0 Å². The van der Waals surface area contributed by atoms with Crippen LogP contribution in [0, 0.1) is 0 Å². The van der Waals surface area contributed by atoms with Crippen LogP contribution in [0.2, 0.25) is 0 Å². The third kappa shape index (κ3) is 5.56. The Bertz CT molecular complexity index is 540. The van der Waals surface area contributed by atoms with Crippen LogP contribution >= 0.6 is 0 Å². The normalized spacial score (nSPS) is 17.4.